The van der Waals surface area contributed by atoms with Crippen LogP contribution in [0.1, 0.15) is 10.4 Å². The van der Waals surface area contributed by atoms with Crippen LogP contribution in [0.5, 0.6) is 0 Å². The highest BCUT2D eigenvalue weighted by Crippen LogP contribution is 2.32. The molecule has 0 amide bonds. The Morgan fingerprint density at radius 3 is 3.00 bits per heavy atom. The summed E-state index contributed by atoms with van der Waals surface area (Å²) in [4.78, 5) is 12.7. The third kappa shape index (κ3) is 1.40. The summed E-state index contributed by atoms with van der Waals surface area (Å²) in [5.41, 5.74) is 0.896. The van der Waals surface area contributed by atoms with E-state index in [1.54, 1.807) is 11.8 Å². The van der Waals surface area contributed by atoms with Crippen LogP contribution in [0.4, 0.5) is 0 Å². The zero-order chi connectivity index (χ0) is 8.55. The van der Waals surface area contributed by atoms with Crippen molar-refractivity contribution < 1.29 is 4.79 Å². The molecule has 0 bridgehead atoms. The summed E-state index contributed by atoms with van der Waals surface area (Å²) < 4.78 is 0.155. The fourth-order valence-corrected chi connectivity index (χ4v) is 3.05. The van der Waals surface area contributed by atoms with Crippen LogP contribution in [0, 0.1) is 0 Å². The highest BCUT2D eigenvalue weighted by molar-refractivity contribution is 14.1. The van der Waals surface area contributed by atoms with Crippen molar-refractivity contribution in [2.75, 3.05) is 5.75 Å². The van der Waals surface area contributed by atoms with Crippen molar-refractivity contribution in [3.05, 3.63) is 29.8 Å². The number of halogens is 1. The van der Waals surface area contributed by atoms with Crippen molar-refractivity contribution in [2.24, 2.45) is 0 Å². The lowest BCUT2D eigenvalue weighted by atomic mass is 10.1. The summed E-state index contributed by atoms with van der Waals surface area (Å²) >= 11 is 3.98. The molecule has 12 heavy (non-hydrogen) atoms. The third-order valence-corrected chi connectivity index (χ3v) is 4.59. The molecule has 1 atom stereocenters. The highest BCUT2D eigenvalue weighted by atomic mass is 127. The molecule has 0 radical (unpaired) electrons. The smallest absolute Gasteiger partial charge is 0.177 e. The molecule has 0 spiro atoms. The van der Waals surface area contributed by atoms with Gasteiger partial charge in [0.1, 0.15) is 0 Å². The summed E-state index contributed by atoms with van der Waals surface area (Å²) in [7, 11) is 0. The van der Waals surface area contributed by atoms with Crippen LogP contribution in [0.3, 0.4) is 0 Å². The minimum atomic E-state index is 0.155. The monoisotopic (exact) mass is 290 g/mol. The van der Waals surface area contributed by atoms with Gasteiger partial charge in [0.2, 0.25) is 0 Å². The van der Waals surface area contributed by atoms with Crippen LogP contribution in [0.15, 0.2) is 29.2 Å². The number of fused-ring (bicyclic) bond motifs is 1. The van der Waals surface area contributed by atoms with Gasteiger partial charge in [-0.2, -0.15) is 0 Å². The Bertz CT molecular complexity index is 324. The number of Topliss-reactive ketones (excluding diaryl/α,β-unsaturated/α-hetero) is 1. The summed E-state index contributed by atoms with van der Waals surface area (Å²) in [6.45, 7) is 0. The summed E-state index contributed by atoms with van der Waals surface area (Å²) in [5, 5.41) is 0. The molecule has 0 saturated carbocycles. The molecule has 0 aliphatic carbocycles. The fraction of sp³-hybridized carbons (Fsp3) is 0.222. The van der Waals surface area contributed by atoms with Crippen molar-refractivity contribution in [3.8, 4) is 0 Å². The van der Waals surface area contributed by atoms with Crippen molar-refractivity contribution in [1.29, 1.82) is 0 Å². The number of alkyl halides is 1. The first-order valence-electron chi connectivity index (χ1n) is 3.69. The molecule has 1 aliphatic rings. The first-order chi connectivity index (χ1) is 5.79. The van der Waals surface area contributed by atoms with Crippen LogP contribution in [0.2, 0.25) is 0 Å². The third-order valence-electron chi connectivity index (χ3n) is 1.82. The molecule has 62 valence electrons. The van der Waals surface area contributed by atoms with Gasteiger partial charge in [-0.05, 0) is 6.07 Å². The molecule has 0 fully saturated rings. The Kier molecular flexibility index (Phi) is 2.41. The van der Waals surface area contributed by atoms with Crippen molar-refractivity contribution in [2.45, 2.75) is 8.82 Å². The van der Waals surface area contributed by atoms with Gasteiger partial charge < -0.3 is 0 Å². The van der Waals surface area contributed by atoms with Gasteiger partial charge in [0.05, 0.1) is 3.92 Å². The van der Waals surface area contributed by atoms with E-state index < -0.39 is 0 Å². The Hall–Kier alpha value is -0.0300. The van der Waals surface area contributed by atoms with Gasteiger partial charge >= 0.3 is 0 Å². The van der Waals surface area contributed by atoms with Crippen LogP contribution in [0.25, 0.3) is 0 Å². The Labute approximate surface area is 89.1 Å². The largest absolute Gasteiger partial charge is 0.293 e. The van der Waals surface area contributed by atoms with E-state index in [0.29, 0.717) is 0 Å². The standard InChI is InChI=1S/C9H7IOS/c10-7-5-12-8-4-2-1-3-6(8)9(7)11/h1-4,7H,5H2/t7-/m0/s1. The zero-order valence-corrected chi connectivity index (χ0v) is 9.26. The first kappa shape index (κ1) is 8.56. The number of carbonyl (C=O) groups excluding carboxylic acids is 1. The SMILES string of the molecule is O=C1c2ccccc2SC[C@@H]1I. The number of carbonyl (C=O) groups is 1. The lowest BCUT2D eigenvalue weighted by molar-refractivity contribution is 0.0995. The number of hydrogen-bond acceptors (Lipinski definition) is 2. The van der Waals surface area contributed by atoms with Crippen LogP contribution < -0.4 is 0 Å². The molecule has 1 heterocycles. The number of rotatable bonds is 0. The normalized spacial score (nSPS) is 22.1. The van der Waals surface area contributed by atoms with Crippen LogP contribution in [-0.2, 0) is 0 Å². The second kappa shape index (κ2) is 3.38. The van der Waals surface area contributed by atoms with E-state index in [2.05, 4.69) is 22.6 Å². The van der Waals surface area contributed by atoms with Gasteiger partial charge in [0.15, 0.2) is 5.78 Å². The maximum absolute atomic E-state index is 11.6. The van der Waals surface area contributed by atoms with Crippen molar-refractivity contribution in [3.63, 3.8) is 0 Å². The van der Waals surface area contributed by atoms with Gasteiger partial charge in [-0.15, -0.1) is 11.8 Å². The molecule has 1 nitrogen and oxygen atoms in total. The van der Waals surface area contributed by atoms with E-state index in [-0.39, 0.29) is 9.71 Å². The minimum absolute atomic E-state index is 0.155. The minimum Gasteiger partial charge on any atom is -0.293 e. The van der Waals surface area contributed by atoms with E-state index in [0.717, 1.165) is 16.2 Å². The average molecular weight is 290 g/mol. The second-order valence-corrected chi connectivity index (χ2v) is 5.20. The lowest BCUT2D eigenvalue weighted by Gasteiger charge is -2.17. The Morgan fingerprint density at radius 2 is 2.17 bits per heavy atom. The van der Waals surface area contributed by atoms with Crippen LogP contribution in [-0.4, -0.2) is 15.5 Å². The van der Waals surface area contributed by atoms with Gasteiger partial charge in [0, 0.05) is 16.2 Å². The van der Waals surface area contributed by atoms with Crippen LogP contribution >= 0.6 is 34.4 Å². The zero-order valence-electron chi connectivity index (χ0n) is 6.29. The van der Waals surface area contributed by atoms with E-state index in [9.17, 15) is 4.79 Å². The number of ketones is 1. The summed E-state index contributed by atoms with van der Waals surface area (Å²) in [5.74, 6) is 1.20. The maximum Gasteiger partial charge on any atom is 0.177 e. The Balaban J connectivity index is 2.49. The van der Waals surface area contributed by atoms with Gasteiger partial charge in [-0.3, -0.25) is 4.79 Å². The van der Waals surface area contributed by atoms with Gasteiger partial charge in [0.25, 0.3) is 0 Å². The summed E-state index contributed by atoms with van der Waals surface area (Å²) in [6.07, 6.45) is 0. The molecule has 0 N–H and O–H groups in total. The van der Waals surface area contributed by atoms with E-state index in [1.165, 1.54) is 0 Å². The molecule has 2 rings (SSSR count). The van der Waals surface area contributed by atoms with Crippen molar-refractivity contribution in [1.82, 2.24) is 0 Å². The molecule has 1 aromatic rings. The number of hydrogen-bond donors (Lipinski definition) is 0. The number of benzene rings is 1. The second-order valence-electron chi connectivity index (χ2n) is 2.64. The van der Waals surface area contributed by atoms with E-state index in [1.807, 2.05) is 24.3 Å². The van der Waals surface area contributed by atoms with Gasteiger partial charge in [-0.1, -0.05) is 40.8 Å². The molecular weight excluding hydrogens is 283 g/mol. The topological polar surface area (TPSA) is 17.1 Å². The highest BCUT2D eigenvalue weighted by Gasteiger charge is 2.24. The Morgan fingerprint density at radius 1 is 1.42 bits per heavy atom. The first-order valence-corrected chi connectivity index (χ1v) is 5.92. The molecule has 0 saturated heterocycles. The summed E-state index contributed by atoms with van der Waals surface area (Å²) in [6, 6.07) is 7.83. The molecule has 0 aromatic heterocycles. The predicted octanol–water partition coefficient (Wildman–Crippen LogP) is 2.78. The fourth-order valence-electron chi connectivity index (χ4n) is 1.20. The predicted molar refractivity (Wildman–Crippen MR) is 59.3 cm³/mol. The van der Waals surface area contributed by atoms with E-state index in [4.69, 9.17) is 0 Å². The molecule has 3 heteroatoms. The molecule has 0 unspecified atom stereocenters. The molecular formula is C9H7IOS. The molecule has 1 aliphatic heterocycles. The van der Waals surface area contributed by atoms with Gasteiger partial charge in [-0.25, -0.2) is 0 Å². The lowest BCUT2D eigenvalue weighted by Crippen LogP contribution is -2.21. The quantitative estimate of drug-likeness (QED) is 0.540. The van der Waals surface area contributed by atoms with E-state index >= 15 is 0 Å². The van der Waals surface area contributed by atoms with Crippen molar-refractivity contribution >= 4 is 40.1 Å². The maximum atomic E-state index is 11.6. The average Bonchev–Trinajstić information content (AvgIpc) is 2.12. The number of thioether (sulfide) groups is 1. The molecule has 1 aromatic carbocycles.